The molecular formula is C26H25Cl2N3O5S. The van der Waals surface area contributed by atoms with Gasteiger partial charge in [0, 0.05) is 23.8 Å². The molecule has 2 fully saturated rings. The molecule has 4 amide bonds. The maximum Gasteiger partial charge on any atom is 0.294 e. The molecule has 0 aliphatic carbocycles. The molecule has 0 saturated carbocycles. The molecule has 0 spiro atoms. The number of thioether (sulfide) groups is 1. The van der Waals surface area contributed by atoms with Gasteiger partial charge < -0.3 is 15.0 Å². The molecule has 194 valence electrons. The van der Waals surface area contributed by atoms with Crippen LogP contribution in [0.2, 0.25) is 10.0 Å². The quantitative estimate of drug-likeness (QED) is 0.456. The lowest BCUT2D eigenvalue weighted by Crippen LogP contribution is -2.44. The first kappa shape index (κ1) is 27.0. The Balaban J connectivity index is 1.34. The van der Waals surface area contributed by atoms with Gasteiger partial charge in [-0.1, -0.05) is 35.3 Å². The Labute approximate surface area is 228 Å². The van der Waals surface area contributed by atoms with Gasteiger partial charge in [-0.15, -0.1) is 0 Å². The lowest BCUT2D eigenvalue weighted by molar-refractivity contribution is -0.136. The number of halogens is 2. The maximum atomic E-state index is 12.8. The van der Waals surface area contributed by atoms with Crippen LogP contribution < -0.4 is 10.1 Å². The number of likely N-dealkylation sites (tertiary alicyclic amines) is 1. The summed E-state index contributed by atoms with van der Waals surface area (Å²) in [5, 5.41) is 3.00. The number of nitrogens with zero attached hydrogens (tertiary/aromatic N) is 2. The normalized spacial score (nSPS) is 16.9. The Morgan fingerprint density at radius 3 is 2.51 bits per heavy atom. The predicted molar refractivity (Wildman–Crippen MR) is 145 cm³/mol. The summed E-state index contributed by atoms with van der Waals surface area (Å²) >= 11 is 13.2. The Hall–Kier alpha value is -3.01. The average Bonchev–Trinajstić information content (AvgIpc) is 3.13. The summed E-state index contributed by atoms with van der Waals surface area (Å²) in [6, 6.07) is 10.0. The summed E-state index contributed by atoms with van der Waals surface area (Å²) in [4.78, 5) is 52.8. The first-order valence-corrected chi connectivity index (χ1v) is 13.3. The molecule has 11 heteroatoms. The van der Waals surface area contributed by atoms with Crippen LogP contribution in [0.4, 0.5) is 10.5 Å². The van der Waals surface area contributed by atoms with Crippen molar-refractivity contribution in [1.29, 1.82) is 0 Å². The smallest absolute Gasteiger partial charge is 0.294 e. The summed E-state index contributed by atoms with van der Waals surface area (Å²) in [6.45, 7) is 2.64. The molecule has 2 aliphatic rings. The van der Waals surface area contributed by atoms with Gasteiger partial charge in [-0.25, -0.2) is 0 Å². The summed E-state index contributed by atoms with van der Waals surface area (Å²) in [5.41, 5.74) is 2.03. The number of nitrogens with one attached hydrogen (secondary N) is 1. The van der Waals surface area contributed by atoms with Gasteiger partial charge in [0.2, 0.25) is 5.91 Å². The minimum Gasteiger partial charge on any atom is -0.482 e. The SMILES string of the molecule is Cc1ccc(NC(=O)COc2ccc(/C=C3\SC(=O)N(CC(=O)N4CCCCC4)C3=O)cc2Cl)cc1Cl. The highest BCUT2D eigenvalue weighted by molar-refractivity contribution is 8.18. The third-order valence-electron chi connectivity index (χ3n) is 5.94. The number of benzene rings is 2. The number of anilines is 1. The van der Waals surface area contributed by atoms with Crippen LogP contribution in [0.15, 0.2) is 41.3 Å². The van der Waals surface area contributed by atoms with Gasteiger partial charge in [0.15, 0.2) is 6.61 Å². The molecule has 0 atom stereocenters. The van der Waals surface area contributed by atoms with E-state index in [1.54, 1.807) is 47.4 Å². The highest BCUT2D eigenvalue weighted by Gasteiger charge is 2.37. The minimum absolute atomic E-state index is 0.206. The van der Waals surface area contributed by atoms with Gasteiger partial charge in [-0.2, -0.15) is 0 Å². The zero-order valence-electron chi connectivity index (χ0n) is 20.1. The van der Waals surface area contributed by atoms with Crippen molar-refractivity contribution in [3.8, 4) is 5.75 Å². The van der Waals surface area contributed by atoms with E-state index < -0.39 is 11.1 Å². The second-order valence-corrected chi connectivity index (χ2v) is 10.5. The number of hydrogen-bond donors (Lipinski definition) is 1. The molecule has 4 rings (SSSR count). The monoisotopic (exact) mass is 561 g/mol. The molecule has 0 bridgehead atoms. The summed E-state index contributed by atoms with van der Waals surface area (Å²) in [5.74, 6) is -0.823. The topological polar surface area (TPSA) is 96.0 Å². The Morgan fingerprint density at radius 1 is 1.05 bits per heavy atom. The lowest BCUT2D eigenvalue weighted by Gasteiger charge is -2.27. The van der Waals surface area contributed by atoms with Crippen molar-refractivity contribution < 1.29 is 23.9 Å². The van der Waals surface area contributed by atoms with Crippen LogP contribution in [0.5, 0.6) is 5.75 Å². The van der Waals surface area contributed by atoms with Gasteiger partial charge in [0.1, 0.15) is 12.3 Å². The molecule has 2 heterocycles. The van der Waals surface area contributed by atoms with E-state index in [-0.39, 0.29) is 40.6 Å². The summed E-state index contributed by atoms with van der Waals surface area (Å²) in [6.07, 6.45) is 4.48. The number of ether oxygens (including phenoxy) is 1. The van der Waals surface area contributed by atoms with Crippen molar-refractivity contribution in [2.45, 2.75) is 26.2 Å². The van der Waals surface area contributed by atoms with Crippen molar-refractivity contribution >= 4 is 69.7 Å². The number of imide groups is 1. The largest absolute Gasteiger partial charge is 0.482 e. The van der Waals surface area contributed by atoms with Crippen LogP contribution in [-0.4, -0.2) is 59.0 Å². The maximum absolute atomic E-state index is 12.8. The average molecular weight is 562 g/mol. The molecule has 0 aromatic heterocycles. The molecule has 1 N–H and O–H groups in total. The predicted octanol–water partition coefficient (Wildman–Crippen LogP) is 5.37. The van der Waals surface area contributed by atoms with Gasteiger partial charge in [-0.05, 0) is 79.4 Å². The highest BCUT2D eigenvalue weighted by atomic mass is 35.5. The molecule has 2 aromatic rings. The van der Waals surface area contributed by atoms with E-state index in [0.717, 1.165) is 41.5 Å². The van der Waals surface area contributed by atoms with Crippen molar-refractivity contribution in [3.05, 3.63) is 62.5 Å². The van der Waals surface area contributed by atoms with E-state index in [4.69, 9.17) is 27.9 Å². The fourth-order valence-corrected chi connectivity index (χ4v) is 5.16. The van der Waals surface area contributed by atoms with E-state index in [9.17, 15) is 19.2 Å². The number of aryl methyl sites for hydroxylation is 1. The first-order valence-electron chi connectivity index (χ1n) is 11.7. The number of carbonyl (C=O) groups excluding carboxylic acids is 4. The van der Waals surface area contributed by atoms with E-state index in [1.807, 2.05) is 6.92 Å². The van der Waals surface area contributed by atoms with Gasteiger partial charge >= 0.3 is 0 Å². The van der Waals surface area contributed by atoms with E-state index in [2.05, 4.69) is 5.32 Å². The van der Waals surface area contributed by atoms with Crippen LogP contribution in [0.1, 0.15) is 30.4 Å². The Kier molecular flexibility index (Phi) is 8.79. The number of piperidine rings is 1. The second kappa shape index (κ2) is 12.0. The van der Waals surface area contributed by atoms with Crippen molar-refractivity contribution in [1.82, 2.24) is 9.80 Å². The molecular weight excluding hydrogens is 537 g/mol. The third kappa shape index (κ3) is 6.85. The molecule has 0 radical (unpaired) electrons. The fourth-order valence-electron chi connectivity index (χ4n) is 3.90. The van der Waals surface area contributed by atoms with Crippen LogP contribution in [0.25, 0.3) is 6.08 Å². The van der Waals surface area contributed by atoms with Gasteiger partial charge in [0.25, 0.3) is 17.1 Å². The van der Waals surface area contributed by atoms with E-state index in [0.29, 0.717) is 29.4 Å². The summed E-state index contributed by atoms with van der Waals surface area (Å²) in [7, 11) is 0. The number of rotatable bonds is 7. The first-order chi connectivity index (χ1) is 17.7. The Bertz CT molecular complexity index is 1280. The molecule has 2 aromatic carbocycles. The fraction of sp³-hybridized carbons (Fsp3) is 0.308. The van der Waals surface area contributed by atoms with E-state index >= 15 is 0 Å². The van der Waals surface area contributed by atoms with Crippen LogP contribution >= 0.6 is 35.0 Å². The van der Waals surface area contributed by atoms with Crippen LogP contribution in [-0.2, 0) is 14.4 Å². The number of amides is 4. The summed E-state index contributed by atoms with van der Waals surface area (Å²) < 4.78 is 5.53. The van der Waals surface area contributed by atoms with Crippen molar-refractivity contribution in [2.75, 3.05) is 31.6 Å². The second-order valence-electron chi connectivity index (χ2n) is 8.70. The number of hydrogen-bond acceptors (Lipinski definition) is 6. The van der Waals surface area contributed by atoms with Gasteiger partial charge in [-0.3, -0.25) is 24.1 Å². The van der Waals surface area contributed by atoms with E-state index in [1.165, 1.54) is 0 Å². The minimum atomic E-state index is -0.510. The standard InChI is InChI=1S/C26H25Cl2N3O5S/c1-16-5-7-18(13-19(16)27)29-23(32)15-36-21-8-6-17(11-20(21)28)12-22-25(34)31(26(35)37-22)14-24(33)30-9-3-2-4-10-30/h5-8,11-13H,2-4,9-10,14-15H2,1H3,(H,29,32)/b22-12-. The van der Waals surface area contributed by atoms with Crippen molar-refractivity contribution in [2.24, 2.45) is 0 Å². The molecule has 8 nitrogen and oxygen atoms in total. The molecule has 37 heavy (non-hydrogen) atoms. The zero-order chi connectivity index (χ0) is 26.5. The molecule has 0 unspecified atom stereocenters. The Morgan fingerprint density at radius 2 is 1.81 bits per heavy atom. The third-order valence-corrected chi connectivity index (χ3v) is 7.55. The van der Waals surface area contributed by atoms with Crippen molar-refractivity contribution in [3.63, 3.8) is 0 Å². The zero-order valence-corrected chi connectivity index (χ0v) is 22.4. The number of carbonyl (C=O) groups is 4. The lowest BCUT2D eigenvalue weighted by atomic mass is 10.1. The van der Waals surface area contributed by atoms with Crippen LogP contribution in [0, 0.1) is 6.92 Å². The molecule has 2 aliphatic heterocycles. The molecule has 2 saturated heterocycles. The van der Waals surface area contributed by atoms with Crippen LogP contribution in [0.3, 0.4) is 0 Å². The highest BCUT2D eigenvalue weighted by Crippen LogP contribution is 2.34. The van der Waals surface area contributed by atoms with Gasteiger partial charge in [0.05, 0.1) is 9.93 Å².